The first-order valence-electron chi connectivity index (χ1n) is 10.4. The number of likely N-dealkylation sites (tertiary alicyclic amines) is 1. The first kappa shape index (κ1) is 19.5. The van der Waals surface area contributed by atoms with Gasteiger partial charge in [0.05, 0.1) is 11.0 Å². The molecule has 3 heterocycles. The number of nitrogens with one attached hydrogen (secondary N) is 2. The predicted octanol–water partition coefficient (Wildman–Crippen LogP) is 2.94. The number of fused-ring (bicyclic) bond motifs is 2. The van der Waals surface area contributed by atoms with Crippen LogP contribution in [0.5, 0.6) is 0 Å². The Morgan fingerprint density at radius 3 is 2.36 bits per heavy atom. The topological polar surface area (TPSA) is 70.1 Å². The second-order valence-corrected chi connectivity index (χ2v) is 8.52. The van der Waals surface area contributed by atoms with Crippen LogP contribution >= 0.6 is 12.4 Å². The molecule has 28 heavy (non-hydrogen) atoms. The van der Waals surface area contributed by atoms with Crippen molar-refractivity contribution in [2.24, 2.45) is 11.8 Å². The number of benzene rings is 1. The van der Waals surface area contributed by atoms with Crippen LogP contribution in [0.4, 0.5) is 0 Å². The number of aromatic amines is 1. The lowest BCUT2D eigenvalue weighted by Gasteiger charge is -2.21. The molecule has 2 aromatic rings. The van der Waals surface area contributed by atoms with Crippen molar-refractivity contribution in [2.45, 2.75) is 44.6 Å². The summed E-state index contributed by atoms with van der Waals surface area (Å²) in [5.41, 5.74) is 2.36. The number of rotatable bonds is 2. The van der Waals surface area contributed by atoms with Crippen LogP contribution in [-0.4, -0.2) is 46.5 Å². The van der Waals surface area contributed by atoms with E-state index in [2.05, 4.69) is 10.3 Å². The molecule has 6 nitrogen and oxygen atoms in total. The molecule has 0 bridgehead atoms. The summed E-state index contributed by atoms with van der Waals surface area (Å²) in [7, 11) is 0. The second-order valence-electron chi connectivity index (χ2n) is 8.52. The highest BCUT2D eigenvalue weighted by Crippen LogP contribution is 2.31. The van der Waals surface area contributed by atoms with Crippen LogP contribution in [0.25, 0.3) is 11.0 Å². The summed E-state index contributed by atoms with van der Waals surface area (Å²) < 4.78 is 1.90. The third-order valence-corrected chi connectivity index (χ3v) is 6.96. The first-order valence-corrected chi connectivity index (χ1v) is 10.4. The van der Waals surface area contributed by atoms with Crippen LogP contribution < -0.4 is 11.0 Å². The van der Waals surface area contributed by atoms with Gasteiger partial charge in [-0.3, -0.25) is 9.36 Å². The Morgan fingerprint density at radius 2 is 1.68 bits per heavy atom. The molecule has 3 aliphatic rings. The third kappa shape index (κ3) is 3.37. The summed E-state index contributed by atoms with van der Waals surface area (Å²) in [5, 5.41) is 3.48. The fourth-order valence-electron chi connectivity index (χ4n) is 5.39. The van der Waals surface area contributed by atoms with Crippen LogP contribution in [0.15, 0.2) is 23.0 Å². The van der Waals surface area contributed by atoms with Crippen molar-refractivity contribution in [2.75, 3.05) is 26.2 Å². The largest absolute Gasteiger partial charge is 0.339 e. The molecule has 2 saturated heterocycles. The van der Waals surface area contributed by atoms with Crippen molar-refractivity contribution in [1.29, 1.82) is 0 Å². The highest BCUT2D eigenvalue weighted by Gasteiger charge is 2.32. The number of imidazole rings is 1. The molecule has 0 radical (unpaired) electrons. The van der Waals surface area contributed by atoms with Crippen molar-refractivity contribution in [3.63, 3.8) is 0 Å². The monoisotopic (exact) mass is 404 g/mol. The zero-order valence-electron chi connectivity index (χ0n) is 16.2. The number of hydrogen-bond donors (Lipinski definition) is 2. The van der Waals surface area contributed by atoms with Crippen LogP contribution in [0.3, 0.4) is 0 Å². The average Bonchev–Trinajstić information content (AvgIpc) is 3.38. The van der Waals surface area contributed by atoms with Crippen molar-refractivity contribution in [1.82, 2.24) is 19.8 Å². The predicted molar refractivity (Wildman–Crippen MR) is 112 cm³/mol. The molecule has 0 spiro atoms. The third-order valence-electron chi connectivity index (χ3n) is 6.96. The quantitative estimate of drug-likeness (QED) is 0.808. The Morgan fingerprint density at radius 1 is 1.00 bits per heavy atom. The Hall–Kier alpha value is -1.79. The Balaban J connectivity index is 0.00000192. The number of hydrogen-bond acceptors (Lipinski definition) is 3. The molecule has 1 aromatic carbocycles. The molecule has 3 fully saturated rings. The van der Waals surface area contributed by atoms with Crippen LogP contribution in [-0.2, 0) is 0 Å². The summed E-state index contributed by atoms with van der Waals surface area (Å²) in [6.07, 6.45) is 6.68. The lowest BCUT2D eigenvalue weighted by molar-refractivity contribution is 0.0758. The smallest absolute Gasteiger partial charge is 0.326 e. The van der Waals surface area contributed by atoms with E-state index < -0.39 is 0 Å². The van der Waals surface area contributed by atoms with E-state index in [4.69, 9.17) is 0 Å². The summed E-state index contributed by atoms with van der Waals surface area (Å²) >= 11 is 0. The number of amides is 1. The maximum absolute atomic E-state index is 13.1. The molecule has 1 saturated carbocycles. The van der Waals surface area contributed by atoms with Gasteiger partial charge in [0.1, 0.15) is 0 Å². The number of halogens is 1. The Labute approximate surface area is 171 Å². The normalized spacial score (nSPS) is 25.5. The van der Waals surface area contributed by atoms with E-state index in [0.29, 0.717) is 23.4 Å². The van der Waals surface area contributed by atoms with E-state index in [1.165, 1.54) is 12.8 Å². The van der Waals surface area contributed by atoms with Crippen molar-refractivity contribution < 1.29 is 4.79 Å². The summed E-state index contributed by atoms with van der Waals surface area (Å²) in [4.78, 5) is 30.5. The summed E-state index contributed by atoms with van der Waals surface area (Å²) in [5.74, 6) is 1.52. The molecular weight excluding hydrogens is 376 g/mol. The van der Waals surface area contributed by atoms with E-state index in [-0.39, 0.29) is 24.0 Å². The maximum Gasteiger partial charge on any atom is 0.326 e. The Bertz CT molecular complexity index is 901. The molecule has 152 valence electrons. The van der Waals surface area contributed by atoms with Crippen molar-refractivity contribution in [3.05, 3.63) is 34.2 Å². The number of nitrogens with zero attached hydrogens (tertiary/aromatic N) is 2. The molecule has 5 rings (SSSR count). The van der Waals surface area contributed by atoms with Crippen LogP contribution in [0.2, 0.25) is 0 Å². The molecule has 7 heteroatoms. The molecule has 1 aliphatic carbocycles. The van der Waals surface area contributed by atoms with Gasteiger partial charge in [-0.05, 0) is 68.8 Å². The van der Waals surface area contributed by atoms with Crippen LogP contribution in [0.1, 0.15) is 54.9 Å². The molecule has 1 aromatic heterocycles. The number of carbonyl (C=O) groups is 1. The highest BCUT2D eigenvalue weighted by molar-refractivity contribution is 5.97. The molecule has 2 N–H and O–H groups in total. The van der Waals surface area contributed by atoms with Gasteiger partial charge in [-0.15, -0.1) is 12.4 Å². The SMILES string of the molecule is Cl.O=C(c1ccc2c(c1)[nH]c(=O)n2C1CCCC1)N1CC[C@@H]2CNC[C@@H]2CC1. The van der Waals surface area contributed by atoms with Crippen molar-refractivity contribution in [3.8, 4) is 0 Å². The van der Waals surface area contributed by atoms with E-state index in [1.54, 1.807) is 0 Å². The minimum Gasteiger partial charge on any atom is -0.339 e. The highest BCUT2D eigenvalue weighted by atomic mass is 35.5. The van der Waals surface area contributed by atoms with Gasteiger partial charge < -0.3 is 15.2 Å². The lowest BCUT2D eigenvalue weighted by atomic mass is 9.92. The fraction of sp³-hybridized carbons (Fsp3) is 0.619. The van der Waals surface area contributed by atoms with E-state index >= 15 is 0 Å². The number of carbonyl (C=O) groups excluding carboxylic acids is 1. The standard InChI is InChI=1S/C21H28N4O2.ClH/c26-20(24-9-7-15-12-22-13-16(15)8-10-24)14-5-6-19-18(11-14)23-21(27)25(19)17-3-1-2-4-17;/h5-6,11,15-17,22H,1-4,7-10,12-13H2,(H,23,27);1H/t15-,16+;. The van der Waals surface area contributed by atoms with Gasteiger partial charge in [0, 0.05) is 24.7 Å². The van der Waals surface area contributed by atoms with Gasteiger partial charge in [0.2, 0.25) is 0 Å². The minimum absolute atomic E-state index is 0. The van der Waals surface area contributed by atoms with Gasteiger partial charge in [-0.2, -0.15) is 0 Å². The zero-order valence-corrected chi connectivity index (χ0v) is 17.0. The molecule has 0 unspecified atom stereocenters. The van der Waals surface area contributed by atoms with Gasteiger partial charge in [-0.25, -0.2) is 4.79 Å². The van der Waals surface area contributed by atoms with Gasteiger partial charge >= 0.3 is 5.69 Å². The van der Waals surface area contributed by atoms with Gasteiger partial charge in [0.25, 0.3) is 5.91 Å². The molecule has 2 aliphatic heterocycles. The summed E-state index contributed by atoms with van der Waals surface area (Å²) in [6, 6.07) is 6.02. The maximum atomic E-state index is 13.1. The average molecular weight is 405 g/mol. The minimum atomic E-state index is -0.0448. The number of aromatic nitrogens is 2. The van der Waals surface area contributed by atoms with Crippen molar-refractivity contribution >= 4 is 29.3 Å². The van der Waals surface area contributed by atoms with E-state index in [1.807, 2.05) is 27.7 Å². The molecule has 2 atom stereocenters. The Kier molecular flexibility index (Phi) is 5.52. The first-order chi connectivity index (χ1) is 13.2. The molecule has 1 amide bonds. The van der Waals surface area contributed by atoms with E-state index in [9.17, 15) is 9.59 Å². The number of H-pyrrole nitrogens is 1. The zero-order chi connectivity index (χ0) is 18.4. The second kappa shape index (κ2) is 7.91. The summed E-state index contributed by atoms with van der Waals surface area (Å²) in [6.45, 7) is 3.85. The van der Waals surface area contributed by atoms with Crippen LogP contribution in [0, 0.1) is 11.8 Å². The molecular formula is C21H29ClN4O2. The fourth-order valence-corrected chi connectivity index (χ4v) is 5.39. The van der Waals surface area contributed by atoms with Gasteiger partial charge in [0.15, 0.2) is 0 Å². The van der Waals surface area contributed by atoms with Gasteiger partial charge in [-0.1, -0.05) is 12.8 Å². The van der Waals surface area contributed by atoms with E-state index in [0.717, 1.165) is 62.9 Å². The lowest BCUT2D eigenvalue weighted by Crippen LogP contribution is -2.32.